The van der Waals surface area contributed by atoms with E-state index in [0.29, 0.717) is 29.3 Å². The van der Waals surface area contributed by atoms with E-state index in [4.69, 9.17) is 33.2 Å². The molecule has 3 aromatic carbocycles. The van der Waals surface area contributed by atoms with Gasteiger partial charge in [-0.1, -0.05) is 24.3 Å². The molecule has 0 aliphatic heterocycles. The summed E-state index contributed by atoms with van der Waals surface area (Å²) in [6.07, 6.45) is 9.48. The van der Waals surface area contributed by atoms with Crippen LogP contribution in [0.15, 0.2) is 66.9 Å². The van der Waals surface area contributed by atoms with Crippen LogP contribution in [0, 0.1) is 11.8 Å². The summed E-state index contributed by atoms with van der Waals surface area (Å²) in [5, 5.41) is 0. The van der Waals surface area contributed by atoms with Gasteiger partial charge in [-0.2, -0.15) is 0 Å². The molecule has 2 aliphatic carbocycles. The zero-order valence-corrected chi connectivity index (χ0v) is 30.6. The minimum absolute atomic E-state index is 0.130. The third-order valence-electron chi connectivity index (χ3n) is 10.4. The Balaban J connectivity index is 1.10. The van der Waals surface area contributed by atoms with Crippen molar-refractivity contribution in [2.24, 2.45) is 11.8 Å². The molecule has 5 rings (SSSR count). The number of esters is 2. The number of nitrogens with zero attached hydrogens (tertiary/aromatic N) is 1. The number of ether oxygens (including phenoxy) is 7. The van der Waals surface area contributed by atoms with E-state index in [2.05, 4.69) is 11.9 Å². The van der Waals surface area contributed by atoms with Gasteiger partial charge >= 0.3 is 11.9 Å². The largest absolute Gasteiger partial charge is 0.497 e. The number of rotatable bonds is 14. The van der Waals surface area contributed by atoms with E-state index in [-0.39, 0.29) is 23.8 Å². The third-order valence-corrected chi connectivity index (χ3v) is 10.4. The molecule has 51 heavy (non-hydrogen) atoms. The highest BCUT2D eigenvalue weighted by Crippen LogP contribution is 2.39. The predicted octanol–water partition coefficient (Wildman–Crippen LogP) is 7.63. The van der Waals surface area contributed by atoms with E-state index in [0.717, 1.165) is 79.6 Å². The highest BCUT2D eigenvalue weighted by Gasteiger charge is 2.35. The van der Waals surface area contributed by atoms with Gasteiger partial charge in [-0.15, -0.1) is 0 Å². The Morgan fingerprint density at radius 1 is 0.627 bits per heavy atom. The molecule has 0 spiro atoms. The van der Waals surface area contributed by atoms with Gasteiger partial charge in [0.15, 0.2) is 17.6 Å². The van der Waals surface area contributed by atoms with Crippen LogP contribution in [0.1, 0.15) is 74.2 Å². The summed E-state index contributed by atoms with van der Waals surface area (Å²) in [4.78, 5) is 29.0. The number of hydrogen-bond donors (Lipinski definition) is 0. The minimum atomic E-state index is -0.526. The molecule has 2 fully saturated rings. The first-order valence-electron chi connectivity index (χ1n) is 17.7. The van der Waals surface area contributed by atoms with E-state index in [1.807, 2.05) is 48.5 Å². The van der Waals surface area contributed by atoms with Crippen LogP contribution in [0.3, 0.4) is 0 Å². The van der Waals surface area contributed by atoms with Gasteiger partial charge in [0.25, 0.3) is 0 Å². The lowest BCUT2D eigenvalue weighted by atomic mass is 9.81. The van der Waals surface area contributed by atoms with Crippen molar-refractivity contribution in [2.45, 2.75) is 69.6 Å². The van der Waals surface area contributed by atoms with Crippen LogP contribution < -0.4 is 23.7 Å². The predicted molar refractivity (Wildman–Crippen MR) is 194 cm³/mol. The molecule has 10 nitrogen and oxygen atoms in total. The fourth-order valence-electron chi connectivity index (χ4n) is 7.31. The molecule has 0 radical (unpaired) electrons. The average molecular weight is 702 g/mol. The molecule has 0 N–H and O–H groups in total. The second kappa shape index (κ2) is 18.0. The first kappa shape index (κ1) is 37.6. The Morgan fingerprint density at radius 3 is 1.49 bits per heavy atom. The van der Waals surface area contributed by atoms with Gasteiger partial charge in [-0.05, 0) is 118 Å². The van der Waals surface area contributed by atoms with Gasteiger partial charge < -0.3 is 38.1 Å². The van der Waals surface area contributed by atoms with Gasteiger partial charge in [0, 0.05) is 12.1 Å². The molecule has 0 bridgehead atoms. The van der Waals surface area contributed by atoms with E-state index >= 15 is 0 Å². The molecule has 0 amide bonds. The van der Waals surface area contributed by atoms with Gasteiger partial charge in [0.1, 0.15) is 11.5 Å². The monoisotopic (exact) mass is 701 g/mol. The lowest BCUT2D eigenvalue weighted by Gasteiger charge is -2.41. The molecule has 3 aromatic rings. The maximum atomic E-state index is 13.6. The fraction of sp³-hybridized carbons (Fsp3) is 0.463. The third kappa shape index (κ3) is 9.35. The SMILES string of the molecule is COc1ccc(C(OC(=O)C2CCC(N(C)C3CCC(C(=O)O/C=C/c4cc(OC)c(OC)c(OC)c4)CC3)CC2)c2ccc(OC)cc2)cc1. The molecule has 0 saturated heterocycles. The van der Waals surface area contributed by atoms with Gasteiger partial charge in [-0.3, -0.25) is 9.59 Å². The molecule has 0 unspecified atom stereocenters. The smallest absolute Gasteiger partial charge is 0.313 e. The molecule has 0 aromatic heterocycles. The van der Waals surface area contributed by atoms with Crippen molar-refractivity contribution < 1.29 is 42.7 Å². The van der Waals surface area contributed by atoms with Gasteiger partial charge in [0.05, 0.1) is 53.6 Å². The first-order chi connectivity index (χ1) is 24.8. The molecule has 2 saturated carbocycles. The topological polar surface area (TPSA) is 102 Å². The van der Waals surface area contributed by atoms with E-state index < -0.39 is 6.10 Å². The van der Waals surface area contributed by atoms with Crippen molar-refractivity contribution in [3.8, 4) is 28.7 Å². The molecular weight excluding hydrogens is 650 g/mol. The number of carbonyl (C=O) groups is 2. The Hall–Kier alpha value is -4.70. The highest BCUT2D eigenvalue weighted by atomic mass is 16.5. The van der Waals surface area contributed by atoms with E-state index in [9.17, 15) is 9.59 Å². The lowest BCUT2D eigenvalue weighted by molar-refractivity contribution is -0.154. The van der Waals surface area contributed by atoms with Gasteiger partial charge in [-0.25, -0.2) is 0 Å². The van der Waals surface area contributed by atoms with Gasteiger partial charge in [0.2, 0.25) is 5.75 Å². The molecule has 0 atom stereocenters. The molecule has 274 valence electrons. The Bertz CT molecular complexity index is 1530. The highest BCUT2D eigenvalue weighted by molar-refractivity contribution is 5.74. The van der Waals surface area contributed by atoms with Crippen molar-refractivity contribution in [1.82, 2.24) is 4.90 Å². The van der Waals surface area contributed by atoms with Crippen molar-refractivity contribution in [1.29, 1.82) is 0 Å². The second-order valence-electron chi connectivity index (χ2n) is 13.2. The summed E-state index contributed by atoms with van der Waals surface area (Å²) in [6.45, 7) is 0. The summed E-state index contributed by atoms with van der Waals surface area (Å²) in [5.41, 5.74) is 2.54. The van der Waals surface area contributed by atoms with Crippen molar-refractivity contribution in [2.75, 3.05) is 42.6 Å². The molecule has 0 heterocycles. The lowest BCUT2D eigenvalue weighted by Crippen LogP contribution is -2.45. The summed E-state index contributed by atoms with van der Waals surface area (Å²) in [7, 11) is 10.1. The number of methoxy groups -OCH3 is 5. The van der Waals surface area contributed by atoms with E-state index in [1.165, 1.54) is 6.26 Å². The minimum Gasteiger partial charge on any atom is -0.497 e. The van der Waals surface area contributed by atoms with Crippen molar-refractivity contribution in [3.05, 3.63) is 83.6 Å². The Labute approximate surface area is 301 Å². The summed E-state index contributed by atoms with van der Waals surface area (Å²) in [6, 6.07) is 19.7. The first-order valence-corrected chi connectivity index (χ1v) is 17.7. The van der Waals surface area contributed by atoms with Crippen LogP contribution in [0.25, 0.3) is 6.08 Å². The molecule has 10 heteroatoms. The summed E-state index contributed by atoms with van der Waals surface area (Å²) < 4.78 is 38.6. The van der Waals surface area contributed by atoms with Crippen LogP contribution >= 0.6 is 0 Å². The Kier molecular flexibility index (Phi) is 13.2. The zero-order valence-electron chi connectivity index (χ0n) is 30.6. The van der Waals surface area contributed by atoms with Crippen molar-refractivity contribution >= 4 is 18.0 Å². The Morgan fingerprint density at radius 2 is 1.08 bits per heavy atom. The maximum Gasteiger partial charge on any atom is 0.313 e. The van der Waals surface area contributed by atoms with Crippen LogP contribution in [0.2, 0.25) is 0 Å². The summed E-state index contributed by atoms with van der Waals surface area (Å²) >= 11 is 0. The van der Waals surface area contributed by atoms with Crippen LogP contribution in [-0.4, -0.2) is 71.5 Å². The standard InChI is InChI=1S/C41H51NO9/c1-42(32-15-7-30(8-16-32)40(43)50-24-23-27-25-36(47-4)39(49-6)37(26-27)48-5)33-17-9-31(10-18-33)41(44)51-38(28-11-19-34(45-2)20-12-28)29-13-21-35(46-3)22-14-29/h11-14,19-26,30-33,38H,7-10,15-18H2,1-6H3/b24-23+. The summed E-state index contributed by atoms with van der Waals surface area (Å²) in [5.74, 6) is 2.41. The second-order valence-corrected chi connectivity index (χ2v) is 13.2. The maximum absolute atomic E-state index is 13.6. The number of hydrogen-bond acceptors (Lipinski definition) is 10. The average Bonchev–Trinajstić information content (AvgIpc) is 3.19. The quantitative estimate of drug-likeness (QED) is 0.123. The van der Waals surface area contributed by atoms with Crippen LogP contribution in [0.5, 0.6) is 28.7 Å². The normalized spacial score (nSPS) is 20.5. The van der Waals surface area contributed by atoms with Crippen molar-refractivity contribution in [3.63, 3.8) is 0 Å². The van der Waals surface area contributed by atoms with Crippen LogP contribution in [0.4, 0.5) is 0 Å². The number of benzene rings is 3. The zero-order chi connectivity index (χ0) is 36.3. The number of carbonyl (C=O) groups excluding carboxylic acids is 2. The molecular formula is C41H51NO9. The fourth-order valence-corrected chi connectivity index (χ4v) is 7.31. The molecule has 2 aliphatic rings. The van der Waals surface area contributed by atoms with E-state index in [1.54, 1.807) is 53.8 Å². The van der Waals surface area contributed by atoms with Crippen LogP contribution in [-0.2, 0) is 19.1 Å².